The Bertz CT molecular complexity index is 764. The molecule has 1 aromatic carbocycles. The van der Waals surface area contributed by atoms with Gasteiger partial charge in [-0.05, 0) is 36.8 Å². The number of hydrogen-bond acceptors (Lipinski definition) is 3. The van der Waals surface area contributed by atoms with Crippen LogP contribution in [0.1, 0.15) is 11.3 Å². The minimum Gasteiger partial charge on any atom is -0.378 e. The standard InChI is InChI=1S/C15H15ClN4/c1-10-8-13(16)15(12-4-3-6-17-14(10)12)18-9-11-5-7-19-20(11)2/h3-8,18H,9H2,1-2H3. The molecule has 1 N–H and O–H groups in total. The molecule has 0 unspecified atom stereocenters. The van der Waals surface area contributed by atoms with Crippen molar-refractivity contribution in [2.24, 2.45) is 7.05 Å². The summed E-state index contributed by atoms with van der Waals surface area (Å²) in [5.74, 6) is 0. The van der Waals surface area contributed by atoms with E-state index < -0.39 is 0 Å². The van der Waals surface area contributed by atoms with Gasteiger partial charge in [0.15, 0.2) is 0 Å². The normalized spacial score (nSPS) is 10.9. The Kier molecular flexibility index (Phi) is 3.32. The molecular formula is C15H15ClN4. The van der Waals surface area contributed by atoms with Crippen molar-refractivity contribution >= 4 is 28.2 Å². The van der Waals surface area contributed by atoms with Crippen LogP contribution in [0.4, 0.5) is 5.69 Å². The highest BCUT2D eigenvalue weighted by atomic mass is 35.5. The molecule has 102 valence electrons. The molecule has 2 heterocycles. The highest BCUT2D eigenvalue weighted by molar-refractivity contribution is 6.35. The zero-order valence-corrected chi connectivity index (χ0v) is 12.1. The van der Waals surface area contributed by atoms with E-state index in [0.29, 0.717) is 11.6 Å². The Morgan fingerprint density at radius 3 is 2.90 bits per heavy atom. The maximum Gasteiger partial charge on any atom is 0.0752 e. The summed E-state index contributed by atoms with van der Waals surface area (Å²) in [6.45, 7) is 2.69. The topological polar surface area (TPSA) is 42.7 Å². The van der Waals surface area contributed by atoms with Gasteiger partial charge in [-0.25, -0.2) is 0 Å². The summed E-state index contributed by atoms with van der Waals surface area (Å²) in [7, 11) is 1.92. The van der Waals surface area contributed by atoms with Crippen LogP contribution in [-0.4, -0.2) is 14.8 Å². The molecule has 5 heteroatoms. The molecule has 0 amide bonds. The van der Waals surface area contributed by atoms with Crippen LogP contribution in [0.5, 0.6) is 0 Å². The Hall–Kier alpha value is -2.07. The smallest absolute Gasteiger partial charge is 0.0752 e. The summed E-state index contributed by atoms with van der Waals surface area (Å²) in [6, 6.07) is 7.89. The quantitative estimate of drug-likeness (QED) is 0.801. The number of nitrogens with one attached hydrogen (secondary N) is 1. The number of benzene rings is 1. The fraction of sp³-hybridized carbons (Fsp3) is 0.200. The van der Waals surface area contributed by atoms with E-state index in [2.05, 4.69) is 15.4 Å². The van der Waals surface area contributed by atoms with Crippen LogP contribution in [0.3, 0.4) is 0 Å². The van der Waals surface area contributed by atoms with E-state index in [9.17, 15) is 0 Å². The van der Waals surface area contributed by atoms with Crippen LogP contribution in [0.25, 0.3) is 10.9 Å². The predicted octanol–water partition coefficient (Wildman–Crippen LogP) is 3.54. The van der Waals surface area contributed by atoms with Gasteiger partial charge in [0.2, 0.25) is 0 Å². The summed E-state index contributed by atoms with van der Waals surface area (Å²) in [5.41, 5.74) is 4.07. The van der Waals surface area contributed by atoms with Crippen molar-refractivity contribution in [3.63, 3.8) is 0 Å². The number of fused-ring (bicyclic) bond motifs is 1. The fourth-order valence-electron chi connectivity index (χ4n) is 2.31. The minimum absolute atomic E-state index is 0.670. The first-order chi connectivity index (χ1) is 9.66. The molecule has 20 heavy (non-hydrogen) atoms. The fourth-order valence-corrected chi connectivity index (χ4v) is 2.65. The van der Waals surface area contributed by atoms with Crippen molar-refractivity contribution in [1.29, 1.82) is 0 Å². The Morgan fingerprint density at radius 1 is 1.30 bits per heavy atom. The molecule has 4 nitrogen and oxygen atoms in total. The molecule has 3 rings (SSSR count). The SMILES string of the molecule is Cc1cc(Cl)c(NCc2ccnn2C)c2cccnc12. The third kappa shape index (κ3) is 2.23. The molecule has 0 saturated carbocycles. The van der Waals surface area contributed by atoms with Gasteiger partial charge in [-0.3, -0.25) is 9.67 Å². The Labute approximate surface area is 122 Å². The first-order valence-corrected chi connectivity index (χ1v) is 6.79. The number of nitrogens with zero attached hydrogens (tertiary/aromatic N) is 3. The van der Waals surface area contributed by atoms with Gasteiger partial charge in [0, 0.05) is 24.8 Å². The molecule has 0 atom stereocenters. The predicted molar refractivity (Wildman–Crippen MR) is 82.0 cm³/mol. The number of aryl methyl sites for hydroxylation is 2. The monoisotopic (exact) mass is 286 g/mol. The van der Waals surface area contributed by atoms with Crippen LogP contribution >= 0.6 is 11.6 Å². The lowest BCUT2D eigenvalue weighted by molar-refractivity contribution is 0.720. The number of anilines is 1. The summed E-state index contributed by atoms with van der Waals surface area (Å²) >= 11 is 6.38. The van der Waals surface area contributed by atoms with Gasteiger partial charge in [0.05, 0.1) is 28.5 Å². The second kappa shape index (κ2) is 5.13. The highest BCUT2D eigenvalue weighted by Gasteiger charge is 2.10. The van der Waals surface area contributed by atoms with Crippen LogP contribution < -0.4 is 5.32 Å². The van der Waals surface area contributed by atoms with Crippen LogP contribution in [0, 0.1) is 6.92 Å². The lowest BCUT2D eigenvalue weighted by Gasteiger charge is -2.13. The van der Waals surface area contributed by atoms with Crippen molar-refractivity contribution in [1.82, 2.24) is 14.8 Å². The maximum atomic E-state index is 6.38. The summed E-state index contributed by atoms with van der Waals surface area (Å²) in [5, 5.41) is 9.31. The largest absolute Gasteiger partial charge is 0.378 e. The van der Waals surface area contributed by atoms with Gasteiger partial charge in [-0.2, -0.15) is 5.10 Å². The molecule has 0 bridgehead atoms. The second-order valence-electron chi connectivity index (χ2n) is 4.75. The lowest BCUT2D eigenvalue weighted by Crippen LogP contribution is -2.06. The van der Waals surface area contributed by atoms with Crippen molar-refractivity contribution in [3.05, 3.63) is 52.9 Å². The summed E-state index contributed by atoms with van der Waals surface area (Å²) < 4.78 is 1.84. The van der Waals surface area contributed by atoms with Gasteiger partial charge in [-0.1, -0.05) is 11.6 Å². The molecular weight excluding hydrogens is 272 g/mol. The Balaban J connectivity index is 2.01. The second-order valence-corrected chi connectivity index (χ2v) is 5.16. The van der Waals surface area contributed by atoms with Crippen molar-refractivity contribution in [2.45, 2.75) is 13.5 Å². The number of pyridine rings is 1. The lowest BCUT2D eigenvalue weighted by atomic mass is 10.1. The van der Waals surface area contributed by atoms with Crippen molar-refractivity contribution in [2.75, 3.05) is 5.32 Å². The minimum atomic E-state index is 0.670. The van der Waals surface area contributed by atoms with E-state index in [-0.39, 0.29) is 0 Å². The number of hydrogen-bond donors (Lipinski definition) is 1. The molecule has 0 aliphatic heterocycles. The van der Waals surface area contributed by atoms with Crippen LogP contribution in [0.2, 0.25) is 5.02 Å². The molecule has 0 aliphatic carbocycles. The zero-order chi connectivity index (χ0) is 14.1. The average molecular weight is 287 g/mol. The van der Waals surface area contributed by atoms with E-state index >= 15 is 0 Å². The molecule has 0 radical (unpaired) electrons. The van der Waals surface area contributed by atoms with Gasteiger partial charge < -0.3 is 5.32 Å². The molecule has 2 aromatic heterocycles. The molecule has 0 fully saturated rings. The zero-order valence-electron chi connectivity index (χ0n) is 11.4. The number of aromatic nitrogens is 3. The highest BCUT2D eigenvalue weighted by Crippen LogP contribution is 2.32. The number of halogens is 1. The molecule has 3 aromatic rings. The first kappa shape index (κ1) is 12.9. The van der Waals surface area contributed by atoms with E-state index in [4.69, 9.17) is 11.6 Å². The van der Waals surface area contributed by atoms with Gasteiger partial charge in [0.1, 0.15) is 0 Å². The van der Waals surface area contributed by atoms with E-state index in [1.165, 1.54) is 0 Å². The summed E-state index contributed by atoms with van der Waals surface area (Å²) in [4.78, 5) is 4.43. The van der Waals surface area contributed by atoms with Crippen LogP contribution in [-0.2, 0) is 13.6 Å². The van der Waals surface area contributed by atoms with Crippen molar-refractivity contribution in [3.8, 4) is 0 Å². The van der Waals surface area contributed by atoms with Gasteiger partial charge >= 0.3 is 0 Å². The van der Waals surface area contributed by atoms with Crippen molar-refractivity contribution < 1.29 is 0 Å². The van der Waals surface area contributed by atoms with E-state index in [1.54, 1.807) is 12.4 Å². The van der Waals surface area contributed by atoms with E-state index in [0.717, 1.165) is 27.8 Å². The van der Waals surface area contributed by atoms with Crippen LogP contribution in [0.15, 0.2) is 36.7 Å². The number of rotatable bonds is 3. The summed E-state index contributed by atoms with van der Waals surface area (Å²) in [6.07, 6.45) is 3.58. The average Bonchev–Trinajstić information content (AvgIpc) is 2.84. The first-order valence-electron chi connectivity index (χ1n) is 6.41. The van der Waals surface area contributed by atoms with Gasteiger partial charge in [0.25, 0.3) is 0 Å². The van der Waals surface area contributed by atoms with Gasteiger partial charge in [-0.15, -0.1) is 0 Å². The Morgan fingerprint density at radius 2 is 2.15 bits per heavy atom. The maximum absolute atomic E-state index is 6.38. The third-order valence-corrected chi connectivity index (χ3v) is 3.70. The molecule has 0 aliphatic rings. The van der Waals surface area contributed by atoms with E-state index in [1.807, 2.05) is 42.9 Å². The third-order valence-electron chi connectivity index (χ3n) is 3.40. The molecule has 0 spiro atoms. The molecule has 0 saturated heterocycles.